The van der Waals surface area contributed by atoms with Crippen molar-refractivity contribution in [2.75, 3.05) is 18.0 Å². The molecule has 1 heterocycles. The third kappa shape index (κ3) is 2.23. The normalized spacial score (nSPS) is 19.6. The molecule has 0 amide bonds. The SMILES string of the molecule is CCCN(CC)c1nc2c(s1)CCCC2O. The van der Waals surface area contributed by atoms with E-state index in [2.05, 4.69) is 23.7 Å². The molecule has 0 bridgehead atoms. The van der Waals surface area contributed by atoms with Crippen LogP contribution in [0.25, 0.3) is 0 Å². The van der Waals surface area contributed by atoms with Crippen LogP contribution in [-0.4, -0.2) is 23.2 Å². The lowest BCUT2D eigenvalue weighted by molar-refractivity contribution is 0.153. The maximum atomic E-state index is 9.88. The summed E-state index contributed by atoms with van der Waals surface area (Å²) in [7, 11) is 0. The molecule has 1 aliphatic rings. The van der Waals surface area contributed by atoms with E-state index in [1.54, 1.807) is 11.3 Å². The molecule has 90 valence electrons. The van der Waals surface area contributed by atoms with Gasteiger partial charge < -0.3 is 10.0 Å². The molecule has 1 aromatic heterocycles. The third-order valence-electron chi connectivity index (χ3n) is 3.06. The second kappa shape index (κ2) is 5.15. The van der Waals surface area contributed by atoms with Crippen molar-refractivity contribution in [1.29, 1.82) is 0 Å². The first-order valence-electron chi connectivity index (χ1n) is 6.18. The Bertz CT molecular complexity index is 351. The summed E-state index contributed by atoms with van der Waals surface area (Å²) in [6.07, 6.45) is 3.87. The maximum Gasteiger partial charge on any atom is 0.185 e. The average Bonchev–Trinajstić information content (AvgIpc) is 2.71. The number of nitrogens with zero attached hydrogens (tertiary/aromatic N) is 2. The minimum absolute atomic E-state index is 0.325. The number of aliphatic hydroxyl groups excluding tert-OH is 1. The minimum Gasteiger partial charge on any atom is -0.387 e. The van der Waals surface area contributed by atoms with Crippen LogP contribution in [-0.2, 0) is 6.42 Å². The molecule has 1 aliphatic carbocycles. The number of rotatable bonds is 4. The number of aryl methyl sites for hydroxylation is 1. The molecule has 1 unspecified atom stereocenters. The van der Waals surface area contributed by atoms with Crippen molar-refractivity contribution in [2.24, 2.45) is 0 Å². The van der Waals surface area contributed by atoms with Crippen molar-refractivity contribution in [3.8, 4) is 0 Å². The molecule has 0 aliphatic heterocycles. The van der Waals surface area contributed by atoms with Crippen molar-refractivity contribution < 1.29 is 5.11 Å². The number of hydrogen-bond donors (Lipinski definition) is 1. The lowest BCUT2D eigenvalue weighted by Crippen LogP contribution is -2.23. The highest BCUT2D eigenvalue weighted by atomic mass is 32.1. The summed E-state index contributed by atoms with van der Waals surface area (Å²) in [5, 5.41) is 11.0. The van der Waals surface area contributed by atoms with Gasteiger partial charge in [0.2, 0.25) is 0 Å². The number of thiazole rings is 1. The van der Waals surface area contributed by atoms with Crippen LogP contribution in [0.15, 0.2) is 0 Å². The Balaban J connectivity index is 2.22. The van der Waals surface area contributed by atoms with Gasteiger partial charge in [0.25, 0.3) is 0 Å². The van der Waals surface area contributed by atoms with Crippen LogP contribution in [0.2, 0.25) is 0 Å². The summed E-state index contributed by atoms with van der Waals surface area (Å²) in [5.74, 6) is 0. The topological polar surface area (TPSA) is 36.4 Å². The summed E-state index contributed by atoms with van der Waals surface area (Å²) >= 11 is 1.77. The first kappa shape index (κ1) is 11.9. The summed E-state index contributed by atoms with van der Waals surface area (Å²) in [6, 6.07) is 0. The summed E-state index contributed by atoms with van der Waals surface area (Å²) in [4.78, 5) is 8.21. The van der Waals surface area contributed by atoms with E-state index in [0.29, 0.717) is 0 Å². The van der Waals surface area contributed by atoms with Gasteiger partial charge in [0.15, 0.2) is 5.13 Å². The lowest BCUT2D eigenvalue weighted by Gasteiger charge is -2.18. The Labute approximate surface area is 101 Å². The fraction of sp³-hybridized carbons (Fsp3) is 0.750. The largest absolute Gasteiger partial charge is 0.387 e. The van der Waals surface area contributed by atoms with Crippen molar-refractivity contribution in [2.45, 2.75) is 45.6 Å². The first-order valence-corrected chi connectivity index (χ1v) is 7.00. The van der Waals surface area contributed by atoms with E-state index in [0.717, 1.165) is 49.6 Å². The molecule has 1 atom stereocenters. The zero-order chi connectivity index (χ0) is 11.5. The molecule has 0 saturated heterocycles. The molecule has 2 rings (SSSR count). The van der Waals surface area contributed by atoms with Gasteiger partial charge in [-0.05, 0) is 32.6 Å². The smallest absolute Gasteiger partial charge is 0.185 e. The number of fused-ring (bicyclic) bond motifs is 1. The quantitative estimate of drug-likeness (QED) is 0.879. The second-order valence-electron chi connectivity index (χ2n) is 4.29. The van der Waals surface area contributed by atoms with Crippen molar-refractivity contribution in [3.05, 3.63) is 10.6 Å². The minimum atomic E-state index is -0.325. The van der Waals surface area contributed by atoms with Crippen molar-refractivity contribution in [3.63, 3.8) is 0 Å². The molecule has 4 heteroatoms. The van der Waals surface area contributed by atoms with Gasteiger partial charge in [0, 0.05) is 18.0 Å². The molecule has 1 aromatic rings. The first-order chi connectivity index (χ1) is 7.76. The third-order valence-corrected chi connectivity index (χ3v) is 4.25. The second-order valence-corrected chi connectivity index (χ2v) is 5.35. The van der Waals surface area contributed by atoms with Crippen LogP contribution in [0, 0.1) is 0 Å². The van der Waals surface area contributed by atoms with Gasteiger partial charge in [-0.3, -0.25) is 0 Å². The van der Waals surface area contributed by atoms with E-state index >= 15 is 0 Å². The predicted molar refractivity (Wildman–Crippen MR) is 68.2 cm³/mol. The zero-order valence-electron chi connectivity index (χ0n) is 10.1. The Morgan fingerprint density at radius 2 is 2.31 bits per heavy atom. The van der Waals surface area contributed by atoms with E-state index in [1.807, 2.05) is 0 Å². The summed E-state index contributed by atoms with van der Waals surface area (Å²) < 4.78 is 0. The summed E-state index contributed by atoms with van der Waals surface area (Å²) in [6.45, 7) is 6.40. The molecular weight excluding hydrogens is 220 g/mol. The van der Waals surface area contributed by atoms with Crippen LogP contribution < -0.4 is 4.90 Å². The van der Waals surface area contributed by atoms with Crippen LogP contribution >= 0.6 is 11.3 Å². The molecule has 1 N–H and O–H groups in total. The van der Waals surface area contributed by atoms with Crippen LogP contribution in [0.1, 0.15) is 49.8 Å². The summed E-state index contributed by atoms with van der Waals surface area (Å²) in [5.41, 5.74) is 0.945. The number of hydrogen-bond acceptors (Lipinski definition) is 4. The molecule has 16 heavy (non-hydrogen) atoms. The number of anilines is 1. The van der Waals surface area contributed by atoms with E-state index in [4.69, 9.17) is 0 Å². The standard InChI is InChI=1S/C12H20N2OS/c1-3-8-14(4-2)12-13-11-9(15)6-5-7-10(11)16-12/h9,15H,3-8H2,1-2H3. The van der Waals surface area contributed by atoms with E-state index in [-0.39, 0.29) is 6.10 Å². The van der Waals surface area contributed by atoms with Gasteiger partial charge in [0.05, 0.1) is 11.8 Å². The molecule has 0 aromatic carbocycles. The molecular formula is C12H20N2OS. The monoisotopic (exact) mass is 240 g/mol. The van der Waals surface area contributed by atoms with Gasteiger partial charge in [-0.2, -0.15) is 0 Å². The van der Waals surface area contributed by atoms with Gasteiger partial charge in [-0.15, -0.1) is 11.3 Å². The van der Waals surface area contributed by atoms with Crippen molar-refractivity contribution >= 4 is 16.5 Å². The van der Waals surface area contributed by atoms with E-state index in [1.165, 1.54) is 4.88 Å². The predicted octanol–water partition coefficient (Wildman–Crippen LogP) is 2.75. The highest BCUT2D eigenvalue weighted by Crippen LogP contribution is 2.36. The van der Waals surface area contributed by atoms with E-state index < -0.39 is 0 Å². The fourth-order valence-electron chi connectivity index (χ4n) is 2.18. The molecule has 0 saturated carbocycles. The molecule has 0 spiro atoms. The lowest BCUT2D eigenvalue weighted by atomic mass is 10.0. The average molecular weight is 240 g/mol. The number of aliphatic hydroxyl groups is 1. The molecule has 0 fully saturated rings. The van der Waals surface area contributed by atoms with Gasteiger partial charge in [0.1, 0.15) is 0 Å². The Morgan fingerprint density at radius 3 is 2.94 bits per heavy atom. The Hall–Kier alpha value is -0.610. The van der Waals surface area contributed by atoms with Crippen LogP contribution in [0.4, 0.5) is 5.13 Å². The van der Waals surface area contributed by atoms with Gasteiger partial charge >= 0.3 is 0 Å². The zero-order valence-corrected chi connectivity index (χ0v) is 10.9. The Morgan fingerprint density at radius 1 is 1.50 bits per heavy atom. The molecule has 3 nitrogen and oxygen atoms in total. The van der Waals surface area contributed by atoms with E-state index in [9.17, 15) is 5.11 Å². The van der Waals surface area contributed by atoms with Crippen LogP contribution in [0.3, 0.4) is 0 Å². The van der Waals surface area contributed by atoms with Crippen molar-refractivity contribution in [1.82, 2.24) is 4.98 Å². The fourth-order valence-corrected chi connectivity index (χ4v) is 3.42. The van der Waals surface area contributed by atoms with Gasteiger partial charge in [-0.25, -0.2) is 4.98 Å². The van der Waals surface area contributed by atoms with Crippen LogP contribution in [0.5, 0.6) is 0 Å². The number of aromatic nitrogens is 1. The van der Waals surface area contributed by atoms with Gasteiger partial charge in [-0.1, -0.05) is 6.92 Å². The highest BCUT2D eigenvalue weighted by molar-refractivity contribution is 7.15. The molecule has 0 radical (unpaired) electrons. The highest BCUT2D eigenvalue weighted by Gasteiger charge is 2.24. The maximum absolute atomic E-state index is 9.88. The Kier molecular flexibility index (Phi) is 3.82.